The number of ether oxygens (including phenoxy) is 1. The number of hydrogen-bond acceptors (Lipinski definition) is 4. The molecule has 1 spiro atoms. The number of ketones is 2. The fourth-order valence-corrected chi connectivity index (χ4v) is 8.04. The molecule has 25 heavy (non-hydrogen) atoms. The zero-order valence-corrected chi connectivity index (χ0v) is 15.3. The van der Waals surface area contributed by atoms with E-state index in [2.05, 4.69) is 6.92 Å². The number of rotatable bonds is 1. The molecule has 0 radical (unpaired) electrons. The lowest BCUT2D eigenvalue weighted by atomic mass is 9.49. The van der Waals surface area contributed by atoms with E-state index in [9.17, 15) is 14.4 Å². The van der Waals surface area contributed by atoms with E-state index < -0.39 is 0 Å². The third-order valence-corrected chi connectivity index (χ3v) is 8.95. The first-order valence-electron chi connectivity index (χ1n) is 10.1. The molecule has 0 saturated heterocycles. The van der Waals surface area contributed by atoms with Gasteiger partial charge in [0.05, 0.1) is 0 Å². The number of carbonyl (C=O) groups excluding carboxylic acids is 3. The van der Waals surface area contributed by atoms with Crippen LogP contribution >= 0.6 is 0 Å². The molecule has 0 aliphatic heterocycles. The van der Waals surface area contributed by atoms with Crippen LogP contribution in [0.5, 0.6) is 0 Å². The Hall–Kier alpha value is -1.19. The van der Waals surface area contributed by atoms with Crippen molar-refractivity contribution in [3.8, 4) is 0 Å². The summed E-state index contributed by atoms with van der Waals surface area (Å²) < 4.78 is 5.77. The lowest BCUT2D eigenvalue weighted by Gasteiger charge is -2.54. The van der Waals surface area contributed by atoms with Gasteiger partial charge in [0.1, 0.15) is 17.7 Å². The molecule has 0 aromatic carbocycles. The van der Waals surface area contributed by atoms with Crippen molar-refractivity contribution in [2.75, 3.05) is 0 Å². The van der Waals surface area contributed by atoms with Crippen molar-refractivity contribution in [2.45, 2.75) is 71.3 Å². The van der Waals surface area contributed by atoms with Crippen molar-refractivity contribution in [3.63, 3.8) is 0 Å². The lowest BCUT2D eigenvalue weighted by Crippen LogP contribution is -2.51. The fraction of sp³-hybridized carbons (Fsp3) is 0.857. The summed E-state index contributed by atoms with van der Waals surface area (Å²) in [5.41, 5.74) is -0.0636. The third-order valence-electron chi connectivity index (χ3n) is 8.95. The maximum Gasteiger partial charge on any atom is 0.302 e. The first-order valence-corrected chi connectivity index (χ1v) is 10.1. The Morgan fingerprint density at radius 2 is 1.84 bits per heavy atom. The molecule has 0 heterocycles. The molecule has 136 valence electrons. The molecular weight excluding hydrogens is 316 g/mol. The van der Waals surface area contributed by atoms with Gasteiger partial charge in [0.2, 0.25) is 0 Å². The highest BCUT2D eigenvalue weighted by Gasteiger charge is 2.78. The summed E-state index contributed by atoms with van der Waals surface area (Å²) >= 11 is 0. The van der Waals surface area contributed by atoms with Gasteiger partial charge in [0, 0.05) is 42.9 Å². The molecule has 0 amide bonds. The lowest BCUT2D eigenvalue weighted by molar-refractivity contribution is -0.148. The maximum atomic E-state index is 12.5. The second kappa shape index (κ2) is 4.95. The summed E-state index contributed by atoms with van der Waals surface area (Å²) in [6.45, 7) is 3.69. The summed E-state index contributed by atoms with van der Waals surface area (Å²) in [4.78, 5) is 36.4. The van der Waals surface area contributed by atoms with Crippen LogP contribution in [0.4, 0.5) is 0 Å². The molecule has 0 N–H and O–H groups in total. The van der Waals surface area contributed by atoms with Crippen LogP contribution in [0, 0.1) is 40.4 Å². The van der Waals surface area contributed by atoms with Crippen LogP contribution in [0.2, 0.25) is 0 Å². The molecule has 8 atom stereocenters. The van der Waals surface area contributed by atoms with Gasteiger partial charge >= 0.3 is 5.97 Å². The number of fused-ring (bicyclic) bond motifs is 3. The first-order chi connectivity index (χ1) is 11.9. The topological polar surface area (TPSA) is 60.4 Å². The average molecular weight is 344 g/mol. The van der Waals surface area contributed by atoms with Crippen molar-refractivity contribution in [1.82, 2.24) is 0 Å². The molecule has 5 saturated carbocycles. The highest BCUT2D eigenvalue weighted by molar-refractivity contribution is 5.87. The number of carbonyl (C=O) groups is 3. The minimum atomic E-state index is -0.209. The average Bonchev–Trinajstić information content (AvgIpc) is 3.04. The van der Waals surface area contributed by atoms with E-state index in [1.54, 1.807) is 0 Å². The van der Waals surface area contributed by atoms with Crippen LogP contribution in [0.15, 0.2) is 0 Å². The molecule has 4 nitrogen and oxygen atoms in total. The van der Waals surface area contributed by atoms with Gasteiger partial charge in [-0.2, -0.15) is 0 Å². The van der Waals surface area contributed by atoms with E-state index in [4.69, 9.17) is 4.74 Å². The molecular formula is C21H28O4. The zero-order chi connectivity index (χ0) is 17.6. The van der Waals surface area contributed by atoms with E-state index in [0.29, 0.717) is 48.1 Å². The van der Waals surface area contributed by atoms with Crippen molar-refractivity contribution in [2.24, 2.45) is 40.4 Å². The van der Waals surface area contributed by atoms with Gasteiger partial charge in [-0.1, -0.05) is 6.92 Å². The van der Waals surface area contributed by atoms with E-state index >= 15 is 0 Å². The monoisotopic (exact) mass is 344 g/mol. The Morgan fingerprint density at radius 3 is 2.60 bits per heavy atom. The van der Waals surface area contributed by atoms with E-state index in [-0.39, 0.29) is 28.8 Å². The Labute approximate surface area is 149 Å². The predicted molar refractivity (Wildman–Crippen MR) is 90.5 cm³/mol. The van der Waals surface area contributed by atoms with Crippen molar-refractivity contribution in [3.05, 3.63) is 0 Å². The van der Waals surface area contributed by atoms with Gasteiger partial charge in [0.15, 0.2) is 0 Å². The largest absolute Gasteiger partial charge is 0.462 e. The number of hydrogen-bond donors (Lipinski definition) is 0. The van der Waals surface area contributed by atoms with Gasteiger partial charge in [-0.3, -0.25) is 14.4 Å². The highest BCUT2D eigenvalue weighted by Crippen LogP contribution is 2.76. The Balaban J connectivity index is 1.51. The summed E-state index contributed by atoms with van der Waals surface area (Å²) in [5.74, 6) is 2.89. The molecule has 5 fully saturated rings. The Bertz CT molecular complexity index is 669. The molecule has 0 bridgehead atoms. The summed E-state index contributed by atoms with van der Waals surface area (Å²) in [6, 6.07) is 0. The normalized spacial score (nSPS) is 53.4. The molecule has 0 unspecified atom stereocenters. The molecule has 0 aromatic rings. The molecule has 0 aromatic heterocycles. The van der Waals surface area contributed by atoms with Crippen LogP contribution in [0.3, 0.4) is 0 Å². The third kappa shape index (κ3) is 1.86. The standard InChI is InChI=1S/C21H28O4/c1-11(22)25-19-17-10-13(23)9-12-3-4-14-15-5-6-18(24)20(15,2)8-7-16(14)21(12,17)19/h12,14-17,19H,3-10H2,1-2H3/t12-,14-,15-,16-,17-,19+,20-,21+/m0/s1. The van der Waals surface area contributed by atoms with E-state index in [1.807, 2.05) is 0 Å². The van der Waals surface area contributed by atoms with Crippen molar-refractivity contribution in [1.29, 1.82) is 0 Å². The van der Waals surface area contributed by atoms with Crippen molar-refractivity contribution < 1.29 is 19.1 Å². The van der Waals surface area contributed by atoms with Crippen LogP contribution in [-0.2, 0) is 19.1 Å². The minimum absolute atomic E-state index is 0.0456. The van der Waals surface area contributed by atoms with Gasteiger partial charge in [0.25, 0.3) is 0 Å². The smallest absolute Gasteiger partial charge is 0.302 e. The van der Waals surface area contributed by atoms with Gasteiger partial charge in [-0.25, -0.2) is 0 Å². The van der Waals surface area contributed by atoms with Gasteiger partial charge in [-0.15, -0.1) is 0 Å². The molecule has 4 heteroatoms. The summed E-state index contributed by atoms with van der Waals surface area (Å²) in [6.07, 6.45) is 7.30. The van der Waals surface area contributed by atoms with Crippen LogP contribution in [-0.4, -0.2) is 23.6 Å². The number of esters is 1. The maximum absolute atomic E-state index is 12.5. The molecule has 5 aliphatic rings. The van der Waals surface area contributed by atoms with E-state index in [1.165, 1.54) is 6.92 Å². The zero-order valence-electron chi connectivity index (χ0n) is 15.3. The van der Waals surface area contributed by atoms with Crippen LogP contribution < -0.4 is 0 Å². The molecule has 5 aliphatic carbocycles. The first kappa shape index (κ1) is 16.0. The Kier molecular flexibility index (Phi) is 3.17. The molecule has 5 rings (SSSR count). The van der Waals surface area contributed by atoms with Crippen molar-refractivity contribution >= 4 is 17.5 Å². The highest BCUT2D eigenvalue weighted by atomic mass is 16.6. The van der Waals surface area contributed by atoms with Crippen LogP contribution in [0.25, 0.3) is 0 Å². The second-order valence-electron chi connectivity index (χ2n) is 9.65. The minimum Gasteiger partial charge on any atom is -0.462 e. The predicted octanol–water partition coefficient (Wildman–Crippen LogP) is 3.32. The number of Topliss-reactive ketones (excluding diaryl/α,β-unsaturated/α-hetero) is 2. The SMILES string of the molecule is CC(=O)O[C@@H]1[C@@H]2CC(=O)C[C@@H]3CC[C@@H]4[C@H](CC[C@]5(C)C(=O)CC[C@@H]45)[C@@]312. The van der Waals surface area contributed by atoms with Gasteiger partial charge < -0.3 is 4.74 Å². The summed E-state index contributed by atoms with van der Waals surface area (Å²) in [7, 11) is 0. The van der Waals surface area contributed by atoms with Gasteiger partial charge in [-0.05, 0) is 55.8 Å². The fourth-order valence-electron chi connectivity index (χ4n) is 8.04. The van der Waals surface area contributed by atoms with E-state index in [0.717, 1.165) is 38.5 Å². The summed E-state index contributed by atoms with van der Waals surface area (Å²) in [5, 5.41) is 0. The Morgan fingerprint density at radius 1 is 1.04 bits per heavy atom. The quantitative estimate of drug-likeness (QED) is 0.685. The second-order valence-corrected chi connectivity index (χ2v) is 9.65. The van der Waals surface area contributed by atoms with Crippen LogP contribution in [0.1, 0.15) is 65.2 Å².